The third-order valence-electron chi connectivity index (χ3n) is 4.00. The smallest absolute Gasteiger partial charge is 0.339 e. The van der Waals surface area contributed by atoms with E-state index < -0.39 is 21.9 Å². The second-order valence-electron chi connectivity index (χ2n) is 5.78. The van der Waals surface area contributed by atoms with Crippen LogP contribution in [0.2, 0.25) is 5.02 Å². The maximum atomic E-state index is 12.4. The molecule has 0 radical (unpaired) electrons. The molecular formula is C19H21ClN2O5S. The molecular weight excluding hydrogens is 404 g/mol. The first-order chi connectivity index (χ1) is 13.2. The van der Waals surface area contributed by atoms with Crippen molar-refractivity contribution in [1.29, 1.82) is 0 Å². The van der Waals surface area contributed by atoms with Gasteiger partial charge in [0, 0.05) is 18.3 Å². The molecule has 0 spiro atoms. The molecule has 0 bridgehead atoms. The van der Waals surface area contributed by atoms with Crippen molar-refractivity contribution in [3.05, 3.63) is 58.6 Å². The Labute approximate surface area is 169 Å². The van der Waals surface area contributed by atoms with Gasteiger partial charge in [0.15, 0.2) is 0 Å². The average molecular weight is 425 g/mol. The van der Waals surface area contributed by atoms with Crippen molar-refractivity contribution < 1.29 is 22.7 Å². The summed E-state index contributed by atoms with van der Waals surface area (Å²) in [6.45, 7) is 3.49. The molecule has 28 heavy (non-hydrogen) atoms. The van der Waals surface area contributed by atoms with Gasteiger partial charge < -0.3 is 10.1 Å². The highest BCUT2D eigenvalue weighted by molar-refractivity contribution is 7.92. The monoisotopic (exact) mass is 424 g/mol. The van der Waals surface area contributed by atoms with Gasteiger partial charge in [-0.3, -0.25) is 9.10 Å². The van der Waals surface area contributed by atoms with Crippen molar-refractivity contribution in [2.75, 3.05) is 29.0 Å². The van der Waals surface area contributed by atoms with Crippen LogP contribution in [-0.2, 0) is 14.8 Å². The second-order valence-corrected chi connectivity index (χ2v) is 8.48. The van der Waals surface area contributed by atoms with E-state index in [-0.39, 0.29) is 22.9 Å². The Balaban J connectivity index is 2.13. The molecule has 150 valence electrons. The van der Waals surface area contributed by atoms with E-state index in [1.54, 1.807) is 32.0 Å². The predicted octanol–water partition coefficient (Wildman–Crippen LogP) is 3.55. The lowest BCUT2D eigenvalue weighted by Gasteiger charge is -2.18. The largest absolute Gasteiger partial charge is 0.462 e. The number of sulfonamides is 1. The summed E-state index contributed by atoms with van der Waals surface area (Å²) in [5, 5.41) is 2.84. The van der Waals surface area contributed by atoms with Crippen LogP contribution in [0.4, 0.5) is 11.4 Å². The number of nitrogens with one attached hydrogen (secondary N) is 1. The summed E-state index contributed by atoms with van der Waals surface area (Å²) < 4.78 is 29.9. The number of benzene rings is 2. The van der Waals surface area contributed by atoms with E-state index in [1.165, 1.54) is 35.6 Å². The second kappa shape index (κ2) is 9.07. The molecule has 0 aliphatic carbocycles. The average Bonchev–Trinajstić information content (AvgIpc) is 2.67. The quantitative estimate of drug-likeness (QED) is 0.686. The Morgan fingerprint density at radius 1 is 1.11 bits per heavy atom. The van der Waals surface area contributed by atoms with Crippen molar-refractivity contribution in [3.63, 3.8) is 0 Å². The Morgan fingerprint density at radius 2 is 1.75 bits per heavy atom. The number of anilines is 2. The number of halogens is 1. The van der Waals surface area contributed by atoms with Gasteiger partial charge in [0.2, 0.25) is 10.0 Å². The summed E-state index contributed by atoms with van der Waals surface area (Å²) in [6.07, 6.45) is 0. The van der Waals surface area contributed by atoms with Gasteiger partial charge in [-0.2, -0.15) is 0 Å². The molecule has 0 aliphatic rings. The van der Waals surface area contributed by atoms with Crippen molar-refractivity contribution in [3.8, 4) is 0 Å². The molecule has 7 nitrogen and oxygen atoms in total. The SMILES string of the molecule is CCOC(=O)c1ccc(NC(=O)c2ccc(N(C)S(=O)(=O)CC)cc2)cc1Cl. The standard InChI is InChI=1S/C19H21ClN2O5S/c1-4-27-19(24)16-11-8-14(12-17(16)20)21-18(23)13-6-9-15(10-7-13)22(3)28(25,26)5-2/h6-12H,4-5H2,1-3H3,(H,21,23). The summed E-state index contributed by atoms with van der Waals surface area (Å²) in [6, 6.07) is 10.6. The zero-order valence-corrected chi connectivity index (χ0v) is 17.3. The lowest BCUT2D eigenvalue weighted by Crippen LogP contribution is -2.28. The minimum atomic E-state index is -3.37. The van der Waals surface area contributed by atoms with E-state index in [0.717, 1.165) is 0 Å². The van der Waals surface area contributed by atoms with Crippen molar-refractivity contribution in [2.24, 2.45) is 0 Å². The van der Waals surface area contributed by atoms with Crippen LogP contribution >= 0.6 is 11.6 Å². The molecule has 2 aromatic carbocycles. The van der Waals surface area contributed by atoms with Gasteiger partial charge in [-0.05, 0) is 56.3 Å². The van der Waals surface area contributed by atoms with Crippen LogP contribution in [0.25, 0.3) is 0 Å². The van der Waals surface area contributed by atoms with E-state index in [2.05, 4.69) is 5.32 Å². The highest BCUT2D eigenvalue weighted by Gasteiger charge is 2.17. The third-order valence-corrected chi connectivity index (χ3v) is 6.09. The molecule has 0 atom stereocenters. The topological polar surface area (TPSA) is 92.8 Å². The number of carbonyl (C=O) groups excluding carboxylic acids is 2. The Morgan fingerprint density at radius 3 is 2.29 bits per heavy atom. The normalized spacial score (nSPS) is 11.0. The van der Waals surface area contributed by atoms with E-state index in [0.29, 0.717) is 16.9 Å². The van der Waals surface area contributed by atoms with Gasteiger partial charge in [-0.15, -0.1) is 0 Å². The van der Waals surface area contributed by atoms with Crippen LogP contribution in [0, 0.1) is 0 Å². The summed E-state index contributed by atoms with van der Waals surface area (Å²) in [4.78, 5) is 24.2. The lowest BCUT2D eigenvalue weighted by atomic mass is 10.1. The van der Waals surface area contributed by atoms with Gasteiger partial charge in [0.25, 0.3) is 5.91 Å². The highest BCUT2D eigenvalue weighted by Crippen LogP contribution is 2.23. The minimum Gasteiger partial charge on any atom is -0.462 e. The van der Waals surface area contributed by atoms with E-state index in [1.807, 2.05) is 0 Å². The molecule has 0 fully saturated rings. The molecule has 0 saturated carbocycles. The van der Waals surface area contributed by atoms with Gasteiger partial charge in [-0.1, -0.05) is 11.6 Å². The lowest BCUT2D eigenvalue weighted by molar-refractivity contribution is 0.0526. The first-order valence-electron chi connectivity index (χ1n) is 8.54. The summed E-state index contributed by atoms with van der Waals surface area (Å²) in [5.41, 5.74) is 1.43. The fraction of sp³-hybridized carbons (Fsp3) is 0.263. The minimum absolute atomic E-state index is 0.0196. The molecule has 2 aromatic rings. The molecule has 2 rings (SSSR count). The maximum absolute atomic E-state index is 12.4. The van der Waals surface area contributed by atoms with Gasteiger partial charge in [-0.25, -0.2) is 13.2 Å². The van der Waals surface area contributed by atoms with Gasteiger partial charge in [0.05, 0.1) is 28.6 Å². The molecule has 9 heteroatoms. The molecule has 0 aromatic heterocycles. The van der Waals surface area contributed by atoms with Crippen molar-refractivity contribution >= 4 is 44.9 Å². The molecule has 0 saturated heterocycles. The number of ether oxygens (including phenoxy) is 1. The molecule has 1 N–H and O–H groups in total. The van der Waals surface area contributed by atoms with Crippen LogP contribution in [0.15, 0.2) is 42.5 Å². The number of carbonyl (C=O) groups is 2. The third kappa shape index (κ3) is 5.02. The van der Waals surface area contributed by atoms with Crippen molar-refractivity contribution in [2.45, 2.75) is 13.8 Å². The van der Waals surface area contributed by atoms with Gasteiger partial charge in [0.1, 0.15) is 0 Å². The van der Waals surface area contributed by atoms with E-state index in [9.17, 15) is 18.0 Å². The van der Waals surface area contributed by atoms with Crippen LogP contribution in [0.3, 0.4) is 0 Å². The number of amides is 1. The van der Waals surface area contributed by atoms with E-state index >= 15 is 0 Å². The van der Waals surface area contributed by atoms with E-state index in [4.69, 9.17) is 16.3 Å². The maximum Gasteiger partial charge on any atom is 0.339 e. The summed E-state index contributed by atoms with van der Waals surface area (Å²) >= 11 is 6.09. The number of hydrogen-bond donors (Lipinski definition) is 1. The number of esters is 1. The number of hydrogen-bond acceptors (Lipinski definition) is 5. The molecule has 0 aliphatic heterocycles. The highest BCUT2D eigenvalue weighted by atomic mass is 35.5. The number of nitrogens with zero attached hydrogens (tertiary/aromatic N) is 1. The molecule has 0 unspecified atom stereocenters. The predicted molar refractivity (Wildman–Crippen MR) is 110 cm³/mol. The molecule has 1 amide bonds. The first kappa shape index (κ1) is 21.7. The Bertz CT molecular complexity index is 974. The fourth-order valence-corrected chi connectivity index (χ4v) is 3.44. The fourth-order valence-electron chi connectivity index (χ4n) is 2.35. The summed E-state index contributed by atoms with van der Waals surface area (Å²) in [7, 11) is -1.91. The molecule has 0 heterocycles. The van der Waals surface area contributed by atoms with Crippen LogP contribution < -0.4 is 9.62 Å². The first-order valence-corrected chi connectivity index (χ1v) is 10.5. The van der Waals surface area contributed by atoms with Crippen LogP contribution in [-0.4, -0.2) is 39.7 Å². The summed E-state index contributed by atoms with van der Waals surface area (Å²) in [5.74, 6) is -0.950. The Kier molecular flexibility index (Phi) is 7.04. The van der Waals surface area contributed by atoms with Crippen LogP contribution in [0.1, 0.15) is 34.6 Å². The van der Waals surface area contributed by atoms with Crippen molar-refractivity contribution in [1.82, 2.24) is 0 Å². The number of rotatable bonds is 7. The van der Waals surface area contributed by atoms with Gasteiger partial charge >= 0.3 is 5.97 Å². The Hall–Kier alpha value is -2.58. The van der Waals surface area contributed by atoms with Crippen LogP contribution in [0.5, 0.6) is 0 Å². The zero-order valence-electron chi connectivity index (χ0n) is 15.7. The zero-order chi connectivity index (χ0) is 20.9.